The average molecular weight is 474 g/mol. The quantitative estimate of drug-likeness (QED) is 0.146. The molecule has 0 aliphatic carbocycles. The molecule has 4 aromatic rings. The number of aromatic hydroxyl groups is 2. The normalized spacial score (nSPS) is 11.5. The van der Waals surface area contributed by atoms with E-state index in [0.717, 1.165) is 12.1 Å². The van der Waals surface area contributed by atoms with Crippen LogP contribution in [0.25, 0.3) is 34.1 Å². The number of rotatable bonds is 4. The Balaban J connectivity index is 1.99. The fraction of sp³-hybridized carbons (Fsp3) is 0.0952. The van der Waals surface area contributed by atoms with Gasteiger partial charge in [-0.2, -0.15) is 22.9 Å². The van der Waals surface area contributed by atoms with Gasteiger partial charge in [-0.15, -0.1) is 0 Å². The van der Waals surface area contributed by atoms with Crippen LogP contribution in [0.1, 0.15) is 11.3 Å². The smallest absolute Gasteiger partial charge is 0.417 e. The highest BCUT2D eigenvalue weighted by atomic mass is 19.4. The number of halogens is 3. The summed E-state index contributed by atoms with van der Waals surface area (Å²) in [6.45, 7) is 1.22. The second kappa shape index (κ2) is 8.03. The van der Waals surface area contributed by atoms with Crippen molar-refractivity contribution in [1.82, 2.24) is 10.1 Å². The minimum absolute atomic E-state index is 0.152. The molecule has 2 N–H and O–H groups in total. The largest absolute Gasteiger partial charge is 0.618 e. The number of hydrogen-bond acceptors (Lipinski definition) is 8. The fourth-order valence-corrected chi connectivity index (χ4v) is 3.36. The number of phenols is 2. The highest BCUT2D eigenvalue weighted by Gasteiger charge is 2.41. The number of hydrogen-bond donors (Lipinski definition) is 2. The van der Waals surface area contributed by atoms with E-state index in [9.17, 15) is 38.7 Å². The Bertz CT molecular complexity index is 1420. The molecule has 0 spiro atoms. The third-order valence-corrected chi connectivity index (χ3v) is 4.90. The van der Waals surface area contributed by atoms with Crippen molar-refractivity contribution >= 4 is 5.69 Å². The summed E-state index contributed by atoms with van der Waals surface area (Å²) in [6.07, 6.45) is -4.90. The van der Waals surface area contributed by atoms with Crippen LogP contribution in [0.2, 0.25) is 0 Å². The van der Waals surface area contributed by atoms with E-state index in [-0.39, 0.29) is 22.5 Å². The number of pyridine rings is 1. The first kappa shape index (κ1) is 22.5. The molecule has 0 fully saturated rings. The molecule has 4 rings (SSSR count). The molecule has 2 aromatic carbocycles. The van der Waals surface area contributed by atoms with E-state index < -0.39 is 51.1 Å². The second-order valence-corrected chi connectivity index (χ2v) is 7.12. The standard InChI is InChI=1S/C21H13F3N4O6/c1-10-7-13(21(22,23)24)16(17(27(10)31)11-5-3-2-4-6-11)20-25-19(26-34-20)12-8-14(28(32)33)18(30)15(29)9-12/h2-9,29-30H,1H3. The van der Waals surface area contributed by atoms with Crippen molar-refractivity contribution in [3.05, 3.63) is 75.1 Å². The van der Waals surface area contributed by atoms with Crippen LogP contribution >= 0.6 is 0 Å². The van der Waals surface area contributed by atoms with Gasteiger partial charge < -0.3 is 19.9 Å². The van der Waals surface area contributed by atoms with E-state index in [1.54, 1.807) is 6.07 Å². The molecule has 10 nitrogen and oxygen atoms in total. The summed E-state index contributed by atoms with van der Waals surface area (Å²) in [6, 6.07) is 9.90. The topological polar surface area (TPSA) is 149 Å². The number of benzene rings is 2. The lowest BCUT2D eigenvalue weighted by molar-refractivity contribution is -0.600. The van der Waals surface area contributed by atoms with Crippen LogP contribution in [0.5, 0.6) is 11.5 Å². The maximum Gasteiger partial charge on any atom is 0.417 e. The number of aryl methyl sites for hydroxylation is 1. The lowest BCUT2D eigenvalue weighted by Gasteiger charge is -2.16. The molecule has 2 aromatic heterocycles. The van der Waals surface area contributed by atoms with E-state index in [1.165, 1.54) is 31.2 Å². The third kappa shape index (κ3) is 3.83. The number of nitro groups is 1. The number of nitro benzene ring substituents is 1. The van der Waals surface area contributed by atoms with E-state index in [0.29, 0.717) is 10.8 Å². The molecular weight excluding hydrogens is 461 g/mol. The van der Waals surface area contributed by atoms with Gasteiger partial charge in [0.15, 0.2) is 11.4 Å². The Labute approximate surface area is 187 Å². The maximum atomic E-state index is 14.0. The lowest BCUT2D eigenvalue weighted by Crippen LogP contribution is -2.35. The molecule has 0 atom stereocenters. The summed E-state index contributed by atoms with van der Waals surface area (Å²) in [7, 11) is 0. The minimum Gasteiger partial charge on any atom is -0.618 e. The summed E-state index contributed by atoms with van der Waals surface area (Å²) in [5.74, 6) is -2.97. The van der Waals surface area contributed by atoms with Crippen LogP contribution < -0.4 is 4.73 Å². The first-order valence-electron chi connectivity index (χ1n) is 9.43. The molecule has 0 unspecified atom stereocenters. The van der Waals surface area contributed by atoms with E-state index >= 15 is 0 Å². The van der Waals surface area contributed by atoms with Crippen LogP contribution in [-0.4, -0.2) is 25.3 Å². The molecule has 0 saturated heterocycles. The summed E-state index contributed by atoms with van der Waals surface area (Å²) in [4.78, 5) is 14.0. The van der Waals surface area contributed by atoms with Crippen molar-refractivity contribution < 1.29 is 37.6 Å². The second-order valence-electron chi connectivity index (χ2n) is 7.12. The van der Waals surface area contributed by atoms with Crippen molar-refractivity contribution in [2.45, 2.75) is 13.1 Å². The highest BCUT2D eigenvalue weighted by molar-refractivity contribution is 5.79. The molecular formula is C21H13F3N4O6. The molecule has 0 amide bonds. The first-order valence-corrected chi connectivity index (χ1v) is 9.43. The van der Waals surface area contributed by atoms with Gasteiger partial charge in [0, 0.05) is 30.2 Å². The van der Waals surface area contributed by atoms with Crippen molar-refractivity contribution in [3.8, 4) is 45.6 Å². The Morgan fingerprint density at radius 2 is 1.76 bits per heavy atom. The predicted molar refractivity (Wildman–Crippen MR) is 109 cm³/mol. The van der Waals surface area contributed by atoms with Crippen molar-refractivity contribution in [2.75, 3.05) is 0 Å². The molecule has 2 heterocycles. The Morgan fingerprint density at radius 1 is 1.09 bits per heavy atom. The van der Waals surface area contributed by atoms with E-state index in [2.05, 4.69) is 10.1 Å². The number of nitrogens with zero attached hydrogens (tertiary/aromatic N) is 4. The van der Waals surface area contributed by atoms with Gasteiger partial charge in [-0.1, -0.05) is 23.4 Å². The molecule has 174 valence electrons. The maximum absolute atomic E-state index is 14.0. The average Bonchev–Trinajstić information content (AvgIpc) is 3.26. The Morgan fingerprint density at radius 3 is 2.38 bits per heavy atom. The molecule has 0 saturated carbocycles. The summed E-state index contributed by atoms with van der Waals surface area (Å²) < 4.78 is 47.3. The molecule has 13 heteroatoms. The van der Waals surface area contributed by atoms with E-state index in [1.807, 2.05) is 0 Å². The zero-order valence-corrected chi connectivity index (χ0v) is 17.1. The van der Waals surface area contributed by atoms with Crippen LogP contribution in [0.3, 0.4) is 0 Å². The molecule has 34 heavy (non-hydrogen) atoms. The predicted octanol–water partition coefficient (Wildman–Crippen LogP) is 4.35. The fourth-order valence-electron chi connectivity index (χ4n) is 3.36. The molecule has 0 bridgehead atoms. The first-order chi connectivity index (χ1) is 16.0. The molecule has 0 aliphatic heterocycles. The Kier molecular flexibility index (Phi) is 5.31. The van der Waals surface area contributed by atoms with Crippen LogP contribution in [0, 0.1) is 22.2 Å². The minimum atomic E-state index is -4.90. The summed E-state index contributed by atoms with van der Waals surface area (Å²) in [5.41, 5.74) is -3.44. The van der Waals surface area contributed by atoms with Crippen molar-refractivity contribution in [3.63, 3.8) is 0 Å². The highest BCUT2D eigenvalue weighted by Crippen LogP contribution is 2.43. The van der Waals surface area contributed by atoms with Crippen molar-refractivity contribution in [2.24, 2.45) is 0 Å². The van der Waals surface area contributed by atoms with Crippen molar-refractivity contribution in [1.29, 1.82) is 0 Å². The van der Waals surface area contributed by atoms with Gasteiger partial charge in [0.05, 0.1) is 10.5 Å². The molecule has 0 aliphatic rings. The van der Waals surface area contributed by atoms with Crippen LogP contribution in [-0.2, 0) is 6.18 Å². The monoisotopic (exact) mass is 474 g/mol. The van der Waals surface area contributed by atoms with Gasteiger partial charge in [-0.25, -0.2) is 0 Å². The van der Waals surface area contributed by atoms with Crippen LogP contribution in [0.15, 0.2) is 53.1 Å². The third-order valence-electron chi connectivity index (χ3n) is 4.90. The van der Waals surface area contributed by atoms with E-state index in [4.69, 9.17) is 4.52 Å². The SMILES string of the molecule is Cc1cc(C(F)(F)F)c(-c2nc(-c3cc(O)c(O)c([N+](=O)[O-])c3)no2)c(-c2ccccc2)[n+]1[O-]. The summed E-state index contributed by atoms with van der Waals surface area (Å²) >= 11 is 0. The zero-order chi connectivity index (χ0) is 24.8. The van der Waals surface area contributed by atoms with Crippen LogP contribution in [0.4, 0.5) is 18.9 Å². The van der Waals surface area contributed by atoms with Gasteiger partial charge >= 0.3 is 11.9 Å². The van der Waals surface area contributed by atoms with Gasteiger partial charge in [-0.05, 0) is 18.2 Å². The lowest BCUT2D eigenvalue weighted by atomic mass is 9.99. The van der Waals surface area contributed by atoms with Gasteiger partial charge in [0.25, 0.3) is 5.89 Å². The number of alkyl halides is 3. The zero-order valence-electron chi connectivity index (χ0n) is 17.1. The molecule has 0 radical (unpaired) electrons. The van der Waals surface area contributed by atoms with Gasteiger partial charge in [0.2, 0.25) is 17.3 Å². The van der Waals surface area contributed by atoms with Gasteiger partial charge in [0.1, 0.15) is 5.56 Å². The summed E-state index contributed by atoms with van der Waals surface area (Å²) in [5, 5.41) is 47.0. The van der Waals surface area contributed by atoms with Gasteiger partial charge in [-0.3, -0.25) is 10.1 Å². The Hall–Kier alpha value is -4.68. The number of aromatic nitrogens is 3. The number of phenolic OH excluding ortho intramolecular Hbond substituents is 2.